The van der Waals surface area contributed by atoms with Crippen molar-refractivity contribution in [2.24, 2.45) is 5.10 Å². The second-order valence-electron chi connectivity index (χ2n) is 8.79. The number of carbonyl (C=O) groups is 2. The van der Waals surface area contributed by atoms with Crippen molar-refractivity contribution in [3.05, 3.63) is 57.9 Å². The van der Waals surface area contributed by atoms with E-state index >= 15 is 0 Å². The number of halogens is 7. The van der Waals surface area contributed by atoms with Crippen LogP contribution < -0.4 is 10.6 Å². The minimum absolute atomic E-state index is 0.0116. The van der Waals surface area contributed by atoms with Gasteiger partial charge in [-0.25, -0.2) is 0 Å². The van der Waals surface area contributed by atoms with Crippen LogP contribution in [-0.2, 0) is 6.54 Å². The fraction of sp³-hybridized carbons (Fsp3) is 0.417. The van der Waals surface area contributed by atoms with Crippen LogP contribution in [0.25, 0.3) is 0 Å². The van der Waals surface area contributed by atoms with Gasteiger partial charge in [0.15, 0.2) is 0 Å². The number of hydrogen-bond donors (Lipinski definition) is 2. The lowest BCUT2D eigenvalue weighted by Gasteiger charge is -2.25. The molecule has 2 N–H and O–H groups in total. The van der Waals surface area contributed by atoms with Gasteiger partial charge in [-0.15, -0.1) is 0 Å². The summed E-state index contributed by atoms with van der Waals surface area (Å²) in [5.74, 6) is -0.589. The van der Waals surface area contributed by atoms with Crippen LogP contribution in [0.4, 0.5) is 32.0 Å². The summed E-state index contributed by atoms with van der Waals surface area (Å²) in [4.78, 5) is 30.0. The largest absolute Gasteiger partial charge is 0.431 e. The van der Waals surface area contributed by atoms with Gasteiger partial charge in [0.25, 0.3) is 11.8 Å². The summed E-state index contributed by atoms with van der Waals surface area (Å²) in [7, 11) is 0. The van der Waals surface area contributed by atoms with Crippen molar-refractivity contribution in [3.63, 3.8) is 0 Å². The molecule has 1 aromatic carbocycles. The number of anilines is 1. The van der Waals surface area contributed by atoms with Gasteiger partial charge in [0, 0.05) is 18.2 Å². The fourth-order valence-electron chi connectivity index (χ4n) is 3.88. The number of thioether (sulfide) groups is 1. The lowest BCUT2D eigenvalue weighted by Crippen LogP contribution is -2.40. The van der Waals surface area contributed by atoms with E-state index in [0.717, 1.165) is 0 Å². The van der Waals surface area contributed by atoms with Crippen LogP contribution in [0.1, 0.15) is 45.4 Å². The Morgan fingerprint density at radius 3 is 2.44 bits per heavy atom. The number of aryl methyl sites for hydroxylation is 1. The summed E-state index contributed by atoms with van der Waals surface area (Å²) in [5.41, 5.74) is -1.19. The van der Waals surface area contributed by atoms with E-state index in [1.807, 2.05) is 6.26 Å². The molecule has 39 heavy (non-hydrogen) atoms. The first kappa shape index (κ1) is 30.5. The maximum atomic E-state index is 13.4. The van der Waals surface area contributed by atoms with Crippen molar-refractivity contribution in [1.82, 2.24) is 15.3 Å². The van der Waals surface area contributed by atoms with Gasteiger partial charge in [0.2, 0.25) is 0 Å². The highest BCUT2D eigenvalue weighted by atomic mass is 35.5. The highest BCUT2D eigenvalue weighted by molar-refractivity contribution is 7.98. The van der Waals surface area contributed by atoms with Crippen molar-refractivity contribution >= 4 is 46.6 Å². The van der Waals surface area contributed by atoms with E-state index < -0.39 is 48.9 Å². The normalized spacial score (nSPS) is 16.6. The molecule has 15 heteroatoms. The van der Waals surface area contributed by atoms with Crippen molar-refractivity contribution in [2.45, 2.75) is 51.2 Å². The number of hydrogen-bond acceptors (Lipinski definition) is 6. The van der Waals surface area contributed by atoms with Crippen molar-refractivity contribution in [3.8, 4) is 0 Å². The van der Waals surface area contributed by atoms with E-state index in [1.165, 1.54) is 49.0 Å². The molecule has 1 aliphatic rings. The Kier molecular flexibility index (Phi) is 9.42. The number of aromatic nitrogens is 1. The Bertz CT molecular complexity index is 1270. The fourth-order valence-corrected chi connectivity index (χ4v) is 4.72. The zero-order chi connectivity index (χ0) is 29.1. The van der Waals surface area contributed by atoms with E-state index in [-0.39, 0.29) is 39.3 Å². The molecule has 1 aromatic heterocycles. The van der Waals surface area contributed by atoms with Crippen LogP contribution in [0.2, 0.25) is 5.02 Å². The van der Waals surface area contributed by atoms with Crippen molar-refractivity contribution in [2.75, 3.05) is 17.3 Å². The van der Waals surface area contributed by atoms with Gasteiger partial charge in [0.05, 0.1) is 39.8 Å². The van der Waals surface area contributed by atoms with E-state index in [4.69, 9.17) is 11.6 Å². The van der Waals surface area contributed by atoms with Gasteiger partial charge in [-0.3, -0.25) is 19.6 Å². The van der Waals surface area contributed by atoms with Crippen LogP contribution in [0.15, 0.2) is 35.4 Å². The summed E-state index contributed by atoms with van der Waals surface area (Å²) in [5, 5.41) is 8.90. The van der Waals surface area contributed by atoms with E-state index in [2.05, 4.69) is 20.7 Å². The molecule has 0 saturated carbocycles. The average Bonchev–Trinajstić information content (AvgIpc) is 3.25. The molecule has 0 fully saturated rings. The maximum Gasteiger partial charge on any atom is 0.431 e. The van der Waals surface area contributed by atoms with Gasteiger partial charge >= 0.3 is 12.4 Å². The minimum Gasteiger partial charge on any atom is -0.349 e. The first-order chi connectivity index (χ1) is 18.1. The van der Waals surface area contributed by atoms with Crippen LogP contribution in [-0.4, -0.2) is 64.0 Å². The van der Waals surface area contributed by atoms with Gasteiger partial charge < -0.3 is 10.6 Å². The van der Waals surface area contributed by atoms with Crippen molar-refractivity contribution < 1.29 is 35.9 Å². The number of nitrogens with one attached hydrogen (secondary N) is 2. The summed E-state index contributed by atoms with van der Waals surface area (Å²) >= 11 is 7.75. The predicted octanol–water partition coefficient (Wildman–Crippen LogP) is 5.83. The molecule has 2 aromatic rings. The molecule has 1 aliphatic heterocycles. The molecule has 0 saturated heterocycles. The Hall–Kier alpha value is -3.00. The smallest absolute Gasteiger partial charge is 0.349 e. The minimum atomic E-state index is -4.99. The molecular weight excluding hydrogens is 572 g/mol. The number of carbonyl (C=O) groups excluding carboxylic acids is 2. The molecule has 1 unspecified atom stereocenters. The first-order valence-electron chi connectivity index (χ1n) is 11.5. The number of alkyl halides is 6. The molecule has 0 bridgehead atoms. The SMILES string of the molecule is CSC[C@H](C)NC(=O)c1c(Cl)cccc1C(=O)Nc1ccc(CN2N=C(C(F)(F)F)CC2C(F)(F)F)nc1C. The van der Waals surface area contributed by atoms with Gasteiger partial charge in [-0.2, -0.15) is 43.2 Å². The second kappa shape index (κ2) is 12.0. The first-order valence-corrected chi connectivity index (χ1v) is 13.2. The lowest BCUT2D eigenvalue weighted by atomic mass is 10.1. The van der Waals surface area contributed by atoms with Crippen LogP contribution in [0.3, 0.4) is 0 Å². The summed E-state index contributed by atoms with van der Waals surface area (Å²) < 4.78 is 79.1. The number of pyridine rings is 1. The molecular formula is C24H24ClF6N5O2S. The monoisotopic (exact) mass is 595 g/mol. The predicted molar refractivity (Wildman–Crippen MR) is 137 cm³/mol. The molecule has 0 radical (unpaired) electrons. The van der Waals surface area contributed by atoms with Crippen molar-refractivity contribution in [1.29, 1.82) is 0 Å². The number of rotatable bonds is 8. The maximum absolute atomic E-state index is 13.4. The number of amides is 2. The molecule has 2 atom stereocenters. The molecule has 3 rings (SSSR count). The van der Waals surface area contributed by atoms with Gasteiger partial charge in [-0.1, -0.05) is 17.7 Å². The van der Waals surface area contributed by atoms with E-state index in [0.29, 0.717) is 10.8 Å². The van der Waals surface area contributed by atoms with Crippen LogP contribution in [0, 0.1) is 6.92 Å². The molecule has 2 amide bonds. The zero-order valence-corrected chi connectivity index (χ0v) is 22.4. The zero-order valence-electron chi connectivity index (χ0n) is 20.9. The van der Waals surface area contributed by atoms with E-state index in [1.54, 1.807) is 6.92 Å². The summed E-state index contributed by atoms with van der Waals surface area (Å²) in [6.45, 7) is 2.63. The molecule has 212 valence electrons. The Balaban J connectivity index is 1.80. The third kappa shape index (κ3) is 7.56. The lowest BCUT2D eigenvalue weighted by molar-refractivity contribution is -0.180. The molecule has 2 heterocycles. The molecule has 0 spiro atoms. The van der Waals surface area contributed by atoms with Gasteiger partial charge in [0.1, 0.15) is 11.8 Å². The molecule has 7 nitrogen and oxygen atoms in total. The third-order valence-electron chi connectivity index (χ3n) is 5.70. The van der Waals surface area contributed by atoms with Gasteiger partial charge in [-0.05, 0) is 44.4 Å². The number of nitrogens with zero attached hydrogens (tertiary/aromatic N) is 3. The summed E-state index contributed by atoms with van der Waals surface area (Å²) in [6, 6.07) is 4.36. The highest BCUT2D eigenvalue weighted by Crippen LogP contribution is 2.36. The average molecular weight is 596 g/mol. The Labute approximate surface area is 229 Å². The highest BCUT2D eigenvalue weighted by Gasteiger charge is 2.52. The second-order valence-corrected chi connectivity index (χ2v) is 10.1. The Morgan fingerprint density at radius 2 is 1.85 bits per heavy atom. The topological polar surface area (TPSA) is 86.7 Å². The third-order valence-corrected chi connectivity index (χ3v) is 6.84. The molecule has 0 aliphatic carbocycles. The number of hydrazone groups is 1. The quantitative estimate of drug-likeness (QED) is 0.375. The Morgan fingerprint density at radius 1 is 1.15 bits per heavy atom. The van der Waals surface area contributed by atoms with Crippen LogP contribution in [0.5, 0.6) is 0 Å². The van der Waals surface area contributed by atoms with E-state index in [9.17, 15) is 35.9 Å². The standard InChI is InChI=1S/C24H24ClF6N5O2S/c1-12(11-39-3)32-22(38)20-15(5-4-6-16(20)25)21(37)34-17-8-7-14(33-13(17)2)10-36-19(24(29,30)31)9-18(35-36)23(26,27)28/h4-8,12,19H,9-11H2,1-3H3,(H,32,38)(H,34,37)/t12-,19?/m0/s1. The number of benzene rings is 1. The van der Waals surface area contributed by atoms with Crippen LogP contribution >= 0.6 is 23.4 Å². The summed E-state index contributed by atoms with van der Waals surface area (Å²) in [6.07, 6.45) is -9.36.